The number of anilines is 1. The van der Waals surface area contributed by atoms with Gasteiger partial charge in [0.25, 0.3) is 0 Å². The van der Waals surface area contributed by atoms with Gasteiger partial charge in [-0.25, -0.2) is 4.98 Å². The highest BCUT2D eigenvalue weighted by molar-refractivity contribution is 7.09. The van der Waals surface area contributed by atoms with Crippen LogP contribution in [-0.2, 0) is 18.3 Å². The number of benzene rings is 1. The first-order valence-corrected chi connectivity index (χ1v) is 9.15. The number of amides is 1. The molecule has 0 bridgehead atoms. The van der Waals surface area contributed by atoms with E-state index in [1.165, 1.54) is 0 Å². The molecule has 0 aliphatic heterocycles. The maximum Gasteiger partial charge on any atom is 0.225 e. The van der Waals surface area contributed by atoms with E-state index in [1.807, 2.05) is 51.5 Å². The molecule has 2 aromatic heterocycles. The molecule has 1 N–H and O–H groups in total. The normalized spacial score (nSPS) is 11.2. The number of fused-ring (bicyclic) bond motifs is 1. The third-order valence-electron chi connectivity index (χ3n) is 3.88. The molecular formula is C18H22N4O2S. The van der Waals surface area contributed by atoms with E-state index in [4.69, 9.17) is 4.74 Å². The number of ether oxygens (including phenoxy) is 1. The van der Waals surface area contributed by atoms with Crippen LogP contribution in [-0.4, -0.2) is 26.8 Å². The summed E-state index contributed by atoms with van der Waals surface area (Å²) in [6.45, 7) is 5.92. The average Bonchev–Trinajstić information content (AvgIpc) is 3.09. The van der Waals surface area contributed by atoms with Crippen molar-refractivity contribution in [2.75, 3.05) is 5.32 Å². The molecule has 25 heavy (non-hydrogen) atoms. The first-order valence-electron chi connectivity index (χ1n) is 8.27. The molecule has 6 nitrogen and oxygen atoms in total. The van der Waals surface area contributed by atoms with Crippen molar-refractivity contribution in [3.63, 3.8) is 0 Å². The van der Waals surface area contributed by atoms with E-state index in [1.54, 1.807) is 16.0 Å². The van der Waals surface area contributed by atoms with Gasteiger partial charge in [0.15, 0.2) is 5.82 Å². The molecule has 2 heterocycles. The molecule has 7 heteroatoms. The maximum atomic E-state index is 12.4. The van der Waals surface area contributed by atoms with Crippen LogP contribution < -0.4 is 10.1 Å². The minimum absolute atomic E-state index is 0.0451. The van der Waals surface area contributed by atoms with Crippen LogP contribution in [0, 0.1) is 6.92 Å². The van der Waals surface area contributed by atoms with Crippen molar-refractivity contribution < 1.29 is 9.53 Å². The Bertz CT molecular complexity index is 898. The standard InChI is InChI=1S/C18H22N4O2S/c1-11(2)24-14-7-5-6-13-17(14)18(21-22(13)4)20-16(23)9-8-15-12(3)19-10-25-15/h5-7,10-11H,8-9H2,1-4H3,(H,20,21,23). The van der Waals surface area contributed by atoms with Crippen molar-refractivity contribution in [3.8, 4) is 5.75 Å². The van der Waals surface area contributed by atoms with Crippen molar-refractivity contribution in [1.82, 2.24) is 14.8 Å². The molecule has 0 aliphatic carbocycles. The van der Waals surface area contributed by atoms with Crippen molar-refractivity contribution in [2.24, 2.45) is 7.05 Å². The van der Waals surface area contributed by atoms with Crippen molar-refractivity contribution in [1.29, 1.82) is 0 Å². The summed E-state index contributed by atoms with van der Waals surface area (Å²) in [5.74, 6) is 1.21. The molecule has 0 fully saturated rings. The Morgan fingerprint density at radius 1 is 1.40 bits per heavy atom. The third-order valence-corrected chi connectivity index (χ3v) is 4.88. The number of carbonyl (C=O) groups is 1. The molecule has 0 saturated heterocycles. The van der Waals surface area contributed by atoms with Gasteiger partial charge in [0.1, 0.15) is 5.75 Å². The summed E-state index contributed by atoms with van der Waals surface area (Å²) >= 11 is 1.58. The number of carbonyl (C=O) groups excluding carboxylic acids is 1. The molecule has 0 saturated carbocycles. The first-order chi connectivity index (χ1) is 12.0. The van der Waals surface area contributed by atoms with Gasteiger partial charge in [0.05, 0.1) is 28.2 Å². The van der Waals surface area contributed by atoms with Crippen LogP contribution in [0.15, 0.2) is 23.7 Å². The lowest BCUT2D eigenvalue weighted by Gasteiger charge is -2.11. The summed E-state index contributed by atoms with van der Waals surface area (Å²) in [5, 5.41) is 8.22. The molecular weight excluding hydrogens is 336 g/mol. The van der Waals surface area contributed by atoms with Crippen LogP contribution in [0.2, 0.25) is 0 Å². The molecule has 1 amide bonds. The van der Waals surface area contributed by atoms with Crippen LogP contribution in [0.25, 0.3) is 10.9 Å². The molecule has 0 atom stereocenters. The predicted molar refractivity (Wildman–Crippen MR) is 100 cm³/mol. The lowest BCUT2D eigenvalue weighted by Crippen LogP contribution is -2.13. The number of hydrogen-bond donors (Lipinski definition) is 1. The van der Waals surface area contributed by atoms with Crippen LogP contribution in [0.5, 0.6) is 5.75 Å². The molecule has 132 valence electrons. The Morgan fingerprint density at radius 3 is 2.88 bits per heavy atom. The molecule has 0 radical (unpaired) electrons. The van der Waals surface area contributed by atoms with Gasteiger partial charge >= 0.3 is 0 Å². The average molecular weight is 358 g/mol. The molecule has 0 unspecified atom stereocenters. The highest BCUT2D eigenvalue weighted by Gasteiger charge is 2.17. The second kappa shape index (κ2) is 7.23. The summed E-state index contributed by atoms with van der Waals surface area (Å²) in [6, 6.07) is 5.80. The van der Waals surface area contributed by atoms with Gasteiger partial charge in [-0.1, -0.05) is 6.07 Å². The van der Waals surface area contributed by atoms with E-state index in [-0.39, 0.29) is 12.0 Å². The monoisotopic (exact) mass is 358 g/mol. The number of nitrogens with zero attached hydrogens (tertiary/aromatic N) is 3. The molecule has 1 aromatic carbocycles. The van der Waals surface area contributed by atoms with Crippen molar-refractivity contribution >= 4 is 34.0 Å². The van der Waals surface area contributed by atoms with E-state index in [2.05, 4.69) is 15.4 Å². The lowest BCUT2D eigenvalue weighted by atomic mass is 10.2. The third kappa shape index (κ3) is 3.82. The van der Waals surface area contributed by atoms with E-state index in [0.29, 0.717) is 18.7 Å². The summed E-state index contributed by atoms with van der Waals surface area (Å²) in [6.07, 6.45) is 1.13. The minimum atomic E-state index is -0.0628. The van der Waals surface area contributed by atoms with E-state index in [9.17, 15) is 4.79 Å². The van der Waals surface area contributed by atoms with Gasteiger partial charge in [-0.3, -0.25) is 9.48 Å². The second-order valence-electron chi connectivity index (χ2n) is 6.20. The fourth-order valence-electron chi connectivity index (χ4n) is 2.71. The van der Waals surface area contributed by atoms with E-state index < -0.39 is 0 Å². The second-order valence-corrected chi connectivity index (χ2v) is 7.14. The zero-order valence-electron chi connectivity index (χ0n) is 14.9. The summed E-state index contributed by atoms with van der Waals surface area (Å²) in [5.41, 5.74) is 3.73. The summed E-state index contributed by atoms with van der Waals surface area (Å²) in [4.78, 5) is 17.7. The van der Waals surface area contributed by atoms with Crippen LogP contribution >= 0.6 is 11.3 Å². The lowest BCUT2D eigenvalue weighted by molar-refractivity contribution is -0.116. The quantitative estimate of drug-likeness (QED) is 0.729. The van der Waals surface area contributed by atoms with Gasteiger partial charge < -0.3 is 10.1 Å². The highest BCUT2D eigenvalue weighted by atomic mass is 32.1. The number of aromatic nitrogens is 3. The largest absolute Gasteiger partial charge is 0.490 e. The van der Waals surface area contributed by atoms with Gasteiger partial charge in [-0.2, -0.15) is 5.10 Å². The number of hydrogen-bond acceptors (Lipinski definition) is 5. The Morgan fingerprint density at radius 2 is 2.20 bits per heavy atom. The predicted octanol–water partition coefficient (Wildman–Crippen LogP) is 3.70. The Balaban J connectivity index is 1.80. The zero-order chi connectivity index (χ0) is 18.0. The Labute approximate surface area is 150 Å². The van der Waals surface area contributed by atoms with E-state index in [0.717, 1.165) is 27.2 Å². The SMILES string of the molecule is Cc1ncsc1CCC(=O)Nc1nn(C)c2cccc(OC(C)C)c12. The maximum absolute atomic E-state index is 12.4. The summed E-state index contributed by atoms with van der Waals surface area (Å²) in [7, 11) is 1.86. The molecule has 3 aromatic rings. The van der Waals surface area contributed by atoms with Gasteiger partial charge in [0, 0.05) is 18.3 Å². The fourth-order valence-corrected chi connectivity index (χ4v) is 3.49. The topological polar surface area (TPSA) is 69.0 Å². The van der Waals surface area contributed by atoms with E-state index >= 15 is 0 Å². The van der Waals surface area contributed by atoms with Gasteiger partial charge in [-0.15, -0.1) is 11.3 Å². The molecule has 0 aliphatic rings. The molecule has 0 spiro atoms. The van der Waals surface area contributed by atoms with Gasteiger partial charge in [-0.05, 0) is 39.3 Å². The summed E-state index contributed by atoms with van der Waals surface area (Å²) < 4.78 is 7.64. The Kier molecular flexibility index (Phi) is 5.03. The van der Waals surface area contributed by atoms with Crippen molar-refractivity contribution in [2.45, 2.75) is 39.7 Å². The van der Waals surface area contributed by atoms with Crippen LogP contribution in [0.4, 0.5) is 5.82 Å². The highest BCUT2D eigenvalue weighted by Crippen LogP contribution is 2.32. The number of thiazole rings is 1. The minimum Gasteiger partial charge on any atom is -0.490 e. The fraction of sp³-hybridized carbons (Fsp3) is 0.389. The number of aryl methyl sites for hydroxylation is 3. The molecule has 3 rings (SSSR count). The Hall–Kier alpha value is -2.41. The number of nitrogens with one attached hydrogen (secondary N) is 1. The van der Waals surface area contributed by atoms with Crippen molar-refractivity contribution in [3.05, 3.63) is 34.3 Å². The van der Waals surface area contributed by atoms with Gasteiger partial charge in [0.2, 0.25) is 5.91 Å². The number of rotatable bonds is 6. The first kappa shape index (κ1) is 17.4. The zero-order valence-corrected chi connectivity index (χ0v) is 15.7. The van der Waals surface area contributed by atoms with Crippen LogP contribution in [0.3, 0.4) is 0 Å². The smallest absolute Gasteiger partial charge is 0.225 e. The van der Waals surface area contributed by atoms with Crippen LogP contribution in [0.1, 0.15) is 30.8 Å².